The molecule has 0 saturated heterocycles. The molecule has 0 unspecified atom stereocenters. The van der Waals surface area contributed by atoms with Gasteiger partial charge in [-0.1, -0.05) is 58.0 Å². The summed E-state index contributed by atoms with van der Waals surface area (Å²) in [6.45, 7) is 0. The number of benzene rings is 2. The number of phenols is 1. The van der Waals surface area contributed by atoms with Crippen molar-refractivity contribution in [2.75, 3.05) is 0 Å². The molecule has 94 valence electrons. The molecule has 18 heavy (non-hydrogen) atoms. The molecule has 0 amide bonds. The SMILES string of the molecule is Oc1ccc(-c2cc(Cl)c(Cl)c(Cl)c2Cl)c(Cl)c1. The first kappa shape index (κ1) is 14.1. The van der Waals surface area contributed by atoms with Gasteiger partial charge in [0.2, 0.25) is 0 Å². The zero-order chi connectivity index (χ0) is 13.4. The minimum atomic E-state index is 0.0611. The molecular weight excluding hydrogens is 337 g/mol. The monoisotopic (exact) mass is 340 g/mol. The molecule has 0 radical (unpaired) electrons. The molecule has 1 nitrogen and oxygen atoms in total. The number of hydrogen-bond donors (Lipinski definition) is 1. The van der Waals surface area contributed by atoms with Gasteiger partial charge in [0.1, 0.15) is 5.75 Å². The van der Waals surface area contributed by atoms with Crippen LogP contribution in [0.1, 0.15) is 0 Å². The lowest BCUT2D eigenvalue weighted by Crippen LogP contribution is -1.85. The molecule has 2 rings (SSSR count). The maximum Gasteiger partial charge on any atom is 0.117 e. The first-order chi connectivity index (χ1) is 8.41. The van der Waals surface area contributed by atoms with Gasteiger partial charge in [-0.2, -0.15) is 0 Å². The molecular formula is C12H5Cl5O. The molecule has 0 spiro atoms. The Hall–Kier alpha value is -0.310. The molecule has 0 aliphatic heterocycles. The lowest BCUT2D eigenvalue weighted by atomic mass is 10.1. The standard InChI is InChI=1S/C12H5Cl5O/c13-8-3-5(18)1-2-6(8)7-4-9(14)11(16)12(17)10(7)15/h1-4,18H. The second-order valence-corrected chi connectivity index (χ2v) is 5.46. The first-order valence-electron chi connectivity index (χ1n) is 4.73. The second-order valence-electron chi connectivity index (χ2n) is 3.51. The van der Waals surface area contributed by atoms with Crippen LogP contribution in [0.5, 0.6) is 5.75 Å². The third-order valence-corrected chi connectivity index (χ3v) is 4.41. The Kier molecular flexibility index (Phi) is 4.20. The fraction of sp³-hybridized carbons (Fsp3) is 0. The molecule has 0 aliphatic carbocycles. The van der Waals surface area contributed by atoms with E-state index in [0.29, 0.717) is 16.1 Å². The van der Waals surface area contributed by atoms with E-state index in [-0.39, 0.29) is 25.8 Å². The van der Waals surface area contributed by atoms with Crippen LogP contribution in [-0.2, 0) is 0 Å². The van der Waals surface area contributed by atoms with E-state index in [1.807, 2.05) is 0 Å². The van der Waals surface area contributed by atoms with Crippen molar-refractivity contribution in [2.45, 2.75) is 0 Å². The highest BCUT2D eigenvalue weighted by molar-refractivity contribution is 6.53. The van der Waals surface area contributed by atoms with Gasteiger partial charge in [0.15, 0.2) is 0 Å². The van der Waals surface area contributed by atoms with E-state index in [1.165, 1.54) is 12.1 Å². The summed E-state index contributed by atoms with van der Waals surface area (Å²) < 4.78 is 0. The summed E-state index contributed by atoms with van der Waals surface area (Å²) in [5.74, 6) is 0.0611. The van der Waals surface area contributed by atoms with E-state index < -0.39 is 0 Å². The van der Waals surface area contributed by atoms with E-state index in [4.69, 9.17) is 58.0 Å². The van der Waals surface area contributed by atoms with E-state index in [0.717, 1.165) is 0 Å². The van der Waals surface area contributed by atoms with Crippen LogP contribution in [0.15, 0.2) is 24.3 Å². The van der Waals surface area contributed by atoms with Gasteiger partial charge in [0.05, 0.1) is 25.1 Å². The van der Waals surface area contributed by atoms with E-state index in [9.17, 15) is 5.11 Å². The van der Waals surface area contributed by atoms with Crippen molar-refractivity contribution in [3.63, 3.8) is 0 Å². The van der Waals surface area contributed by atoms with Crippen LogP contribution in [0.2, 0.25) is 25.1 Å². The van der Waals surface area contributed by atoms with Gasteiger partial charge in [0, 0.05) is 11.1 Å². The van der Waals surface area contributed by atoms with Gasteiger partial charge in [-0.05, 0) is 24.3 Å². The largest absolute Gasteiger partial charge is 0.508 e. The van der Waals surface area contributed by atoms with Crippen LogP contribution in [0.3, 0.4) is 0 Å². The first-order valence-corrected chi connectivity index (χ1v) is 6.62. The number of phenolic OH excluding ortho intramolecular Hbond substituents is 1. The molecule has 0 aliphatic rings. The second kappa shape index (κ2) is 5.36. The molecule has 0 saturated carbocycles. The van der Waals surface area contributed by atoms with Gasteiger partial charge in [0.25, 0.3) is 0 Å². The fourth-order valence-corrected chi connectivity index (χ4v) is 2.67. The van der Waals surface area contributed by atoms with Crippen LogP contribution in [0, 0.1) is 0 Å². The molecule has 0 atom stereocenters. The Morgan fingerprint density at radius 2 is 1.33 bits per heavy atom. The molecule has 6 heteroatoms. The van der Waals surface area contributed by atoms with Crippen molar-refractivity contribution < 1.29 is 5.11 Å². The molecule has 0 bridgehead atoms. The predicted molar refractivity (Wildman–Crippen MR) is 78.6 cm³/mol. The van der Waals surface area contributed by atoms with E-state index in [2.05, 4.69) is 0 Å². The smallest absolute Gasteiger partial charge is 0.117 e. The number of halogens is 5. The Balaban J connectivity index is 2.72. The highest BCUT2D eigenvalue weighted by Gasteiger charge is 2.16. The minimum Gasteiger partial charge on any atom is -0.508 e. The Labute approximate surface area is 129 Å². The van der Waals surface area contributed by atoms with Gasteiger partial charge < -0.3 is 5.11 Å². The summed E-state index contributed by atoms with van der Waals surface area (Å²) in [6.07, 6.45) is 0. The topological polar surface area (TPSA) is 20.2 Å². The molecule has 2 aromatic rings. The zero-order valence-corrected chi connectivity index (χ0v) is 12.4. The Bertz CT molecular complexity index is 624. The minimum absolute atomic E-state index is 0.0611. The lowest BCUT2D eigenvalue weighted by Gasteiger charge is -2.11. The summed E-state index contributed by atoms with van der Waals surface area (Å²) in [4.78, 5) is 0. The van der Waals surface area contributed by atoms with Crippen molar-refractivity contribution in [1.29, 1.82) is 0 Å². The summed E-state index contributed by atoms with van der Waals surface area (Å²) in [5, 5.41) is 10.6. The van der Waals surface area contributed by atoms with Gasteiger partial charge in [-0.15, -0.1) is 0 Å². The van der Waals surface area contributed by atoms with Gasteiger partial charge in [-0.25, -0.2) is 0 Å². The molecule has 1 N–H and O–H groups in total. The van der Waals surface area contributed by atoms with Crippen molar-refractivity contribution in [1.82, 2.24) is 0 Å². The third-order valence-electron chi connectivity index (χ3n) is 2.35. The summed E-state index contributed by atoms with van der Waals surface area (Å²) in [5.41, 5.74) is 1.17. The lowest BCUT2D eigenvalue weighted by molar-refractivity contribution is 0.475. The average molecular weight is 342 g/mol. The van der Waals surface area contributed by atoms with E-state index >= 15 is 0 Å². The molecule has 2 aromatic carbocycles. The molecule has 0 aromatic heterocycles. The van der Waals surface area contributed by atoms with Crippen LogP contribution in [-0.4, -0.2) is 5.11 Å². The zero-order valence-electron chi connectivity index (χ0n) is 8.65. The van der Waals surface area contributed by atoms with Gasteiger partial charge >= 0.3 is 0 Å². The number of rotatable bonds is 1. The molecule has 0 fully saturated rings. The summed E-state index contributed by atoms with van der Waals surface area (Å²) in [7, 11) is 0. The van der Waals surface area contributed by atoms with Crippen LogP contribution < -0.4 is 0 Å². The Morgan fingerprint density at radius 1 is 0.667 bits per heavy atom. The molecule has 0 heterocycles. The van der Waals surface area contributed by atoms with Crippen LogP contribution in [0.25, 0.3) is 11.1 Å². The van der Waals surface area contributed by atoms with Crippen molar-refractivity contribution in [2.24, 2.45) is 0 Å². The van der Waals surface area contributed by atoms with Gasteiger partial charge in [-0.3, -0.25) is 0 Å². The number of aromatic hydroxyl groups is 1. The van der Waals surface area contributed by atoms with Crippen molar-refractivity contribution in [3.05, 3.63) is 49.4 Å². The van der Waals surface area contributed by atoms with E-state index in [1.54, 1.807) is 12.1 Å². The fourth-order valence-electron chi connectivity index (χ4n) is 1.49. The number of hydrogen-bond acceptors (Lipinski definition) is 1. The average Bonchev–Trinajstić information content (AvgIpc) is 2.32. The summed E-state index contributed by atoms with van der Waals surface area (Å²) in [6, 6.07) is 6.10. The Morgan fingerprint density at radius 3 is 1.94 bits per heavy atom. The normalized spacial score (nSPS) is 10.7. The van der Waals surface area contributed by atoms with Crippen LogP contribution in [0.4, 0.5) is 0 Å². The maximum absolute atomic E-state index is 9.32. The van der Waals surface area contributed by atoms with Crippen molar-refractivity contribution in [3.8, 4) is 16.9 Å². The third kappa shape index (κ3) is 2.52. The predicted octanol–water partition coefficient (Wildman–Crippen LogP) is 6.33. The highest BCUT2D eigenvalue weighted by atomic mass is 35.5. The van der Waals surface area contributed by atoms with Crippen molar-refractivity contribution >= 4 is 58.0 Å². The highest BCUT2D eigenvalue weighted by Crippen LogP contribution is 2.44. The van der Waals surface area contributed by atoms with Crippen LogP contribution >= 0.6 is 58.0 Å². The summed E-state index contributed by atoms with van der Waals surface area (Å²) >= 11 is 30.0. The quantitative estimate of drug-likeness (QED) is 0.474. The maximum atomic E-state index is 9.32.